The van der Waals surface area contributed by atoms with E-state index in [4.69, 9.17) is 0 Å². The molecule has 1 saturated carbocycles. The highest BCUT2D eigenvalue weighted by molar-refractivity contribution is 6.60. The SMILES string of the molecule is CC(C)B1C[C@H]2CCC[C@@H](C1)C2. The van der Waals surface area contributed by atoms with Crippen LogP contribution in [0.15, 0.2) is 0 Å². The molecular formula is C11H21B. The van der Waals surface area contributed by atoms with E-state index in [0.29, 0.717) is 0 Å². The second kappa shape index (κ2) is 3.43. The Morgan fingerprint density at radius 3 is 2.17 bits per heavy atom. The lowest BCUT2D eigenvalue weighted by Crippen LogP contribution is -2.33. The lowest BCUT2D eigenvalue weighted by Gasteiger charge is -2.39. The first kappa shape index (κ1) is 8.65. The van der Waals surface area contributed by atoms with Gasteiger partial charge in [0.15, 0.2) is 0 Å². The molecule has 0 aromatic rings. The molecule has 0 nitrogen and oxygen atoms in total. The predicted octanol–water partition coefficient (Wildman–Crippen LogP) is 3.71. The van der Waals surface area contributed by atoms with Gasteiger partial charge in [-0.15, -0.1) is 0 Å². The van der Waals surface area contributed by atoms with Crippen molar-refractivity contribution in [1.82, 2.24) is 0 Å². The Balaban J connectivity index is 1.96. The van der Waals surface area contributed by atoms with E-state index in [0.717, 1.165) is 24.4 Å². The maximum atomic E-state index is 2.41. The zero-order valence-corrected chi connectivity index (χ0v) is 8.55. The van der Waals surface area contributed by atoms with Crippen LogP contribution in [0.5, 0.6) is 0 Å². The van der Waals surface area contributed by atoms with Crippen LogP contribution in [0.25, 0.3) is 0 Å². The predicted molar refractivity (Wildman–Crippen MR) is 55.9 cm³/mol. The minimum atomic E-state index is 0.938. The Morgan fingerprint density at radius 2 is 1.67 bits per heavy atom. The summed E-state index contributed by atoms with van der Waals surface area (Å²) in [4.78, 5) is 0. The van der Waals surface area contributed by atoms with Gasteiger partial charge >= 0.3 is 0 Å². The Hall–Kier alpha value is 0.0649. The third-order valence-corrected chi connectivity index (χ3v) is 4.11. The van der Waals surface area contributed by atoms with Gasteiger partial charge in [-0.1, -0.05) is 51.6 Å². The number of rotatable bonds is 1. The molecule has 2 atom stereocenters. The highest BCUT2D eigenvalue weighted by Gasteiger charge is 2.34. The zero-order chi connectivity index (χ0) is 8.55. The Kier molecular flexibility index (Phi) is 2.48. The summed E-state index contributed by atoms with van der Waals surface area (Å²) < 4.78 is 0. The van der Waals surface area contributed by atoms with Crippen molar-refractivity contribution in [3.63, 3.8) is 0 Å². The molecule has 1 aliphatic carbocycles. The van der Waals surface area contributed by atoms with Crippen molar-refractivity contribution in [3.05, 3.63) is 0 Å². The summed E-state index contributed by atoms with van der Waals surface area (Å²) in [6, 6.07) is 0. The Bertz CT molecular complexity index is 141. The van der Waals surface area contributed by atoms with Gasteiger partial charge in [-0.05, 0) is 18.3 Å². The molecule has 2 bridgehead atoms. The molecule has 0 N–H and O–H groups in total. The number of hydrogen-bond acceptors (Lipinski definition) is 0. The minimum absolute atomic E-state index is 0.938. The van der Waals surface area contributed by atoms with Gasteiger partial charge in [0, 0.05) is 0 Å². The second-order valence-corrected chi connectivity index (χ2v) is 5.37. The third kappa shape index (κ3) is 1.70. The van der Waals surface area contributed by atoms with Crippen molar-refractivity contribution < 1.29 is 0 Å². The van der Waals surface area contributed by atoms with Gasteiger partial charge in [0.05, 0.1) is 0 Å². The molecule has 12 heavy (non-hydrogen) atoms. The quantitative estimate of drug-likeness (QED) is 0.518. The van der Waals surface area contributed by atoms with Crippen LogP contribution in [-0.4, -0.2) is 6.71 Å². The third-order valence-electron chi connectivity index (χ3n) is 4.11. The van der Waals surface area contributed by atoms with Crippen molar-refractivity contribution in [2.75, 3.05) is 0 Å². The molecule has 0 amide bonds. The van der Waals surface area contributed by atoms with Crippen LogP contribution in [0.2, 0.25) is 18.5 Å². The molecule has 1 saturated heterocycles. The van der Waals surface area contributed by atoms with E-state index in [2.05, 4.69) is 13.8 Å². The molecule has 1 heterocycles. The summed E-state index contributed by atoms with van der Waals surface area (Å²) in [5.41, 5.74) is 0. The summed E-state index contributed by atoms with van der Waals surface area (Å²) in [5.74, 6) is 3.17. The second-order valence-electron chi connectivity index (χ2n) is 5.37. The molecule has 1 aliphatic heterocycles. The molecular weight excluding hydrogens is 143 g/mol. The van der Waals surface area contributed by atoms with Crippen molar-refractivity contribution >= 4 is 6.71 Å². The first-order valence-electron chi connectivity index (χ1n) is 5.75. The van der Waals surface area contributed by atoms with Gasteiger partial charge < -0.3 is 0 Å². The van der Waals surface area contributed by atoms with E-state index in [1.54, 1.807) is 31.9 Å². The highest BCUT2D eigenvalue weighted by atomic mass is 14.3. The van der Waals surface area contributed by atoms with Gasteiger partial charge in [0.25, 0.3) is 0 Å². The van der Waals surface area contributed by atoms with Crippen LogP contribution in [0, 0.1) is 11.8 Å². The van der Waals surface area contributed by atoms with Gasteiger partial charge in [-0.3, -0.25) is 0 Å². The summed E-state index contributed by atoms with van der Waals surface area (Å²) >= 11 is 0. The number of hydrogen-bond donors (Lipinski definition) is 0. The maximum absolute atomic E-state index is 2.41. The van der Waals surface area contributed by atoms with Gasteiger partial charge in [-0.25, -0.2) is 0 Å². The summed E-state index contributed by atoms with van der Waals surface area (Å²) in [7, 11) is 0. The Labute approximate surface area is 77.2 Å². The van der Waals surface area contributed by atoms with E-state index in [1.807, 2.05) is 0 Å². The molecule has 2 rings (SSSR count). The topological polar surface area (TPSA) is 0 Å². The van der Waals surface area contributed by atoms with Crippen LogP contribution in [0.4, 0.5) is 0 Å². The summed E-state index contributed by atoms with van der Waals surface area (Å²) in [6.45, 7) is 5.88. The molecule has 0 radical (unpaired) electrons. The standard InChI is InChI=1S/C11H21B/c1-9(2)12-7-10-4-3-5-11(6-10)8-12/h9-11H,3-8H2,1-2H3/t10-,11+. The largest absolute Gasteiger partial charge is 0.143 e. The number of fused-ring (bicyclic) bond motifs is 2. The van der Waals surface area contributed by atoms with Crippen molar-refractivity contribution in [2.45, 2.75) is 58.0 Å². The zero-order valence-electron chi connectivity index (χ0n) is 8.55. The van der Waals surface area contributed by atoms with Crippen molar-refractivity contribution in [1.29, 1.82) is 0 Å². The average molecular weight is 164 g/mol. The summed E-state index contributed by atoms with van der Waals surface area (Å²) in [5, 5.41) is 0. The van der Waals surface area contributed by atoms with Crippen LogP contribution in [-0.2, 0) is 0 Å². The lowest BCUT2D eigenvalue weighted by molar-refractivity contribution is 0.280. The first-order valence-corrected chi connectivity index (χ1v) is 5.75. The molecule has 0 aromatic heterocycles. The van der Waals surface area contributed by atoms with Gasteiger partial charge in [0.2, 0.25) is 0 Å². The van der Waals surface area contributed by atoms with Crippen molar-refractivity contribution in [3.8, 4) is 0 Å². The molecule has 1 heteroatoms. The smallest absolute Gasteiger partial charge is 0.0711 e. The monoisotopic (exact) mass is 164 g/mol. The van der Waals surface area contributed by atoms with E-state index < -0.39 is 0 Å². The van der Waals surface area contributed by atoms with E-state index in [1.165, 1.54) is 6.42 Å². The van der Waals surface area contributed by atoms with E-state index in [9.17, 15) is 0 Å². The Morgan fingerprint density at radius 1 is 1.08 bits per heavy atom. The highest BCUT2D eigenvalue weighted by Crippen LogP contribution is 2.42. The van der Waals surface area contributed by atoms with Gasteiger partial charge in [0.1, 0.15) is 6.71 Å². The van der Waals surface area contributed by atoms with Crippen LogP contribution < -0.4 is 0 Å². The lowest BCUT2D eigenvalue weighted by atomic mass is 9.31. The van der Waals surface area contributed by atoms with Gasteiger partial charge in [-0.2, -0.15) is 0 Å². The fraction of sp³-hybridized carbons (Fsp3) is 1.00. The molecule has 0 aromatic carbocycles. The van der Waals surface area contributed by atoms with E-state index in [-0.39, 0.29) is 0 Å². The van der Waals surface area contributed by atoms with Crippen LogP contribution in [0.3, 0.4) is 0 Å². The van der Waals surface area contributed by atoms with Crippen LogP contribution >= 0.6 is 0 Å². The minimum Gasteiger partial charge on any atom is -0.0711 e. The molecule has 2 aliphatic rings. The summed E-state index contributed by atoms with van der Waals surface area (Å²) in [6.07, 6.45) is 9.28. The first-order chi connectivity index (χ1) is 5.75. The molecule has 2 fully saturated rings. The fourth-order valence-electron chi connectivity index (χ4n) is 3.33. The average Bonchev–Trinajstić information content (AvgIpc) is 2.03. The fourth-order valence-corrected chi connectivity index (χ4v) is 3.33. The molecule has 0 unspecified atom stereocenters. The van der Waals surface area contributed by atoms with E-state index >= 15 is 0 Å². The normalized spacial score (nSPS) is 35.8. The molecule has 68 valence electrons. The molecule has 0 spiro atoms. The van der Waals surface area contributed by atoms with Crippen molar-refractivity contribution in [2.24, 2.45) is 11.8 Å². The van der Waals surface area contributed by atoms with Crippen LogP contribution in [0.1, 0.15) is 39.5 Å². The maximum Gasteiger partial charge on any atom is 0.143 e.